The third kappa shape index (κ3) is 6.44. The van der Waals surface area contributed by atoms with E-state index >= 15 is 0 Å². The molecule has 1 aliphatic heterocycles. The van der Waals surface area contributed by atoms with E-state index in [1.165, 1.54) is 6.07 Å². The van der Waals surface area contributed by atoms with Crippen molar-refractivity contribution < 1.29 is 27.2 Å². The third-order valence-corrected chi connectivity index (χ3v) is 9.19. The lowest BCUT2D eigenvalue weighted by atomic mass is 9.73. The molecule has 240 valence electrons. The lowest BCUT2D eigenvalue weighted by Crippen LogP contribution is -2.47. The monoisotopic (exact) mass is 631 g/mol. The maximum atomic E-state index is 13.7. The molecule has 46 heavy (non-hydrogen) atoms. The predicted octanol–water partition coefficient (Wildman–Crippen LogP) is 6.05. The molecule has 0 spiro atoms. The fourth-order valence-corrected chi connectivity index (χ4v) is 7.07. The summed E-state index contributed by atoms with van der Waals surface area (Å²) >= 11 is 0. The summed E-state index contributed by atoms with van der Waals surface area (Å²) in [4.78, 5) is 41.3. The zero-order valence-corrected chi connectivity index (χ0v) is 25.4. The van der Waals surface area contributed by atoms with Gasteiger partial charge in [0.2, 0.25) is 5.91 Å². The van der Waals surface area contributed by atoms with Gasteiger partial charge >= 0.3 is 6.18 Å². The Bertz CT molecular complexity index is 1760. The fourth-order valence-electron chi connectivity index (χ4n) is 7.07. The molecule has 1 atom stereocenters. The van der Waals surface area contributed by atoms with Crippen molar-refractivity contribution in [2.24, 2.45) is 5.92 Å². The number of hydrogen-bond donors (Lipinski definition) is 2. The highest BCUT2D eigenvalue weighted by atomic mass is 19.4. The van der Waals surface area contributed by atoms with Gasteiger partial charge in [0, 0.05) is 19.2 Å². The lowest BCUT2D eigenvalue weighted by Gasteiger charge is -2.34. The van der Waals surface area contributed by atoms with Crippen molar-refractivity contribution in [3.8, 4) is 11.1 Å². The summed E-state index contributed by atoms with van der Waals surface area (Å²) in [6.45, 7) is 1.53. The van der Waals surface area contributed by atoms with E-state index in [1.807, 2.05) is 48.5 Å². The highest BCUT2D eigenvalue weighted by Gasteiger charge is 2.49. The Morgan fingerprint density at radius 2 is 1.59 bits per heavy atom. The van der Waals surface area contributed by atoms with Crippen molar-refractivity contribution >= 4 is 22.8 Å². The second kappa shape index (κ2) is 13.1. The van der Waals surface area contributed by atoms with Gasteiger partial charge in [-0.1, -0.05) is 67.1 Å². The largest absolute Gasteiger partial charge is 0.451 e. The summed E-state index contributed by atoms with van der Waals surface area (Å²) in [5, 5.41) is 5.55. The van der Waals surface area contributed by atoms with Gasteiger partial charge in [-0.25, -0.2) is 0 Å². The number of likely N-dealkylation sites (tertiary alicyclic amines) is 1. The Morgan fingerprint density at radius 1 is 0.913 bits per heavy atom. The molecule has 1 aromatic heterocycles. The normalized spacial score (nSPS) is 17.3. The van der Waals surface area contributed by atoms with Crippen molar-refractivity contribution in [3.63, 3.8) is 0 Å². The summed E-state index contributed by atoms with van der Waals surface area (Å²) in [6.07, 6.45) is -0.803. The maximum Gasteiger partial charge on any atom is 0.405 e. The van der Waals surface area contributed by atoms with Crippen LogP contribution in [-0.2, 0) is 10.2 Å². The minimum atomic E-state index is -4.51. The van der Waals surface area contributed by atoms with E-state index in [9.17, 15) is 27.6 Å². The van der Waals surface area contributed by atoms with Crippen LogP contribution in [0, 0.1) is 5.92 Å². The molecule has 10 heteroatoms. The van der Waals surface area contributed by atoms with Crippen LogP contribution in [0.1, 0.15) is 53.8 Å². The first-order valence-electron chi connectivity index (χ1n) is 15.7. The second-order valence-electron chi connectivity index (χ2n) is 12.2. The highest BCUT2D eigenvalue weighted by molar-refractivity contribution is 6.00. The molecule has 2 heterocycles. The Morgan fingerprint density at radius 3 is 2.30 bits per heavy atom. The molecular weight excluding hydrogens is 595 g/mol. The van der Waals surface area contributed by atoms with Crippen LogP contribution in [0.3, 0.4) is 0 Å². The molecule has 1 saturated heterocycles. The molecule has 2 N–H and O–H groups in total. The first kappa shape index (κ1) is 31.5. The Kier molecular flexibility index (Phi) is 8.99. The molecule has 0 bridgehead atoms. The van der Waals surface area contributed by atoms with E-state index in [2.05, 4.69) is 15.5 Å². The van der Waals surface area contributed by atoms with Gasteiger partial charge in [0.25, 0.3) is 5.91 Å². The van der Waals surface area contributed by atoms with E-state index < -0.39 is 30.0 Å². The zero-order chi connectivity index (χ0) is 32.3. The van der Waals surface area contributed by atoms with Gasteiger partial charge in [-0.3, -0.25) is 14.4 Å². The van der Waals surface area contributed by atoms with Gasteiger partial charge in [0.05, 0.1) is 5.39 Å². The topological polar surface area (TPSA) is 91.7 Å². The average Bonchev–Trinajstić information content (AvgIpc) is 3.35. The predicted molar refractivity (Wildman–Crippen MR) is 170 cm³/mol. The van der Waals surface area contributed by atoms with Crippen molar-refractivity contribution in [1.82, 2.24) is 15.5 Å². The first-order chi connectivity index (χ1) is 22.2. The van der Waals surface area contributed by atoms with Crippen LogP contribution in [0.15, 0.2) is 88.1 Å². The highest BCUT2D eigenvalue weighted by Crippen LogP contribution is 2.51. The van der Waals surface area contributed by atoms with Crippen LogP contribution in [-0.4, -0.2) is 55.6 Å². The van der Waals surface area contributed by atoms with Gasteiger partial charge in [0.15, 0.2) is 11.2 Å². The molecule has 7 nitrogen and oxygen atoms in total. The number of piperidine rings is 1. The number of carbonyl (C=O) groups is 2. The number of halogens is 3. The number of nitrogens with one attached hydrogen (secondary N) is 2. The van der Waals surface area contributed by atoms with E-state index in [0.29, 0.717) is 30.4 Å². The van der Waals surface area contributed by atoms with Crippen LogP contribution in [0.5, 0.6) is 0 Å². The molecule has 1 aliphatic carbocycles. The van der Waals surface area contributed by atoms with E-state index in [1.54, 1.807) is 24.3 Å². The van der Waals surface area contributed by atoms with E-state index in [-0.39, 0.29) is 17.1 Å². The number of benzene rings is 3. The van der Waals surface area contributed by atoms with Crippen LogP contribution in [0.25, 0.3) is 22.1 Å². The second-order valence-corrected chi connectivity index (χ2v) is 12.2. The molecular formula is C36H36F3N3O4. The van der Waals surface area contributed by atoms with Gasteiger partial charge in [-0.15, -0.1) is 0 Å². The molecule has 1 fully saturated rings. The van der Waals surface area contributed by atoms with Crippen LogP contribution in [0.2, 0.25) is 0 Å². The quantitative estimate of drug-likeness (QED) is 0.208. The zero-order valence-electron chi connectivity index (χ0n) is 25.4. The number of fused-ring (bicyclic) bond motifs is 4. The number of hydrogen-bond acceptors (Lipinski definition) is 5. The average molecular weight is 632 g/mol. The van der Waals surface area contributed by atoms with Crippen LogP contribution >= 0.6 is 0 Å². The number of para-hydroxylation sites is 1. The minimum Gasteiger partial charge on any atom is -0.451 e. The molecule has 4 aromatic rings. The SMILES string of the molecule is O=C(NCC1CCCN(CCCCC2(C(=O)NCC(F)(F)F)c3ccccc3-c3ccccc32)C1)c1cc(=O)c2ccccc2o1. The number of unbranched alkanes of at least 4 members (excludes halogenated alkanes) is 1. The van der Waals surface area contributed by atoms with Crippen molar-refractivity contribution in [3.05, 3.63) is 106 Å². The van der Waals surface area contributed by atoms with E-state index in [4.69, 9.17) is 4.42 Å². The van der Waals surface area contributed by atoms with Crippen LogP contribution in [0.4, 0.5) is 13.2 Å². The minimum absolute atomic E-state index is 0.0142. The number of rotatable bonds is 10. The third-order valence-electron chi connectivity index (χ3n) is 9.19. The van der Waals surface area contributed by atoms with Gasteiger partial charge in [-0.05, 0) is 79.1 Å². The number of amides is 2. The Hall–Kier alpha value is -4.44. The standard InChI is InChI=1S/C36H36F3N3O4/c37-36(38,39)23-41-34(45)35(28-14-4-1-11-25(28)26-12-2-5-15-29(26)35)17-7-8-18-42-19-9-10-24(22-42)21-40-33(44)32-20-30(43)27-13-3-6-16-31(27)46-32/h1-6,11-16,20,24H,7-10,17-19,21-23H2,(H,40,44)(H,41,45). The van der Waals surface area contributed by atoms with Crippen molar-refractivity contribution in [2.75, 3.05) is 32.7 Å². The summed E-state index contributed by atoms with van der Waals surface area (Å²) < 4.78 is 45.1. The van der Waals surface area contributed by atoms with E-state index in [0.717, 1.165) is 61.2 Å². The number of alkyl halides is 3. The molecule has 1 unspecified atom stereocenters. The summed E-state index contributed by atoms with van der Waals surface area (Å²) in [7, 11) is 0. The number of carbonyl (C=O) groups excluding carboxylic acids is 2. The number of nitrogens with zero attached hydrogens (tertiary/aromatic N) is 1. The maximum absolute atomic E-state index is 13.7. The molecule has 2 amide bonds. The molecule has 6 rings (SSSR count). The molecule has 3 aromatic carbocycles. The summed E-state index contributed by atoms with van der Waals surface area (Å²) in [5.41, 5.74) is 2.14. The molecule has 2 aliphatic rings. The smallest absolute Gasteiger partial charge is 0.405 e. The van der Waals surface area contributed by atoms with Gasteiger partial charge < -0.3 is 20.0 Å². The first-order valence-corrected chi connectivity index (χ1v) is 15.7. The summed E-state index contributed by atoms with van der Waals surface area (Å²) in [5.74, 6) is -0.845. The Labute approximate surface area is 264 Å². The molecule has 0 radical (unpaired) electrons. The fraction of sp³-hybridized carbons (Fsp3) is 0.361. The Balaban J connectivity index is 1.08. The van der Waals surface area contributed by atoms with Gasteiger partial charge in [-0.2, -0.15) is 13.2 Å². The van der Waals surface area contributed by atoms with Crippen LogP contribution < -0.4 is 16.1 Å². The van der Waals surface area contributed by atoms with Crippen molar-refractivity contribution in [2.45, 2.75) is 43.7 Å². The van der Waals surface area contributed by atoms with Crippen molar-refractivity contribution in [1.29, 1.82) is 0 Å². The lowest BCUT2D eigenvalue weighted by molar-refractivity contribution is -0.141. The summed E-state index contributed by atoms with van der Waals surface area (Å²) in [6, 6.07) is 23.0. The molecule has 0 saturated carbocycles. The van der Waals surface area contributed by atoms with Gasteiger partial charge in [0.1, 0.15) is 17.5 Å².